The van der Waals surface area contributed by atoms with Crippen LogP contribution in [0.5, 0.6) is 0 Å². The number of imide groups is 1. The van der Waals surface area contributed by atoms with Crippen molar-refractivity contribution >= 4 is 45.3 Å². The number of halogens is 1. The van der Waals surface area contributed by atoms with Gasteiger partial charge in [-0.15, -0.1) is 0 Å². The molecule has 7 nitrogen and oxygen atoms in total. The number of carbonyl (C=O) groups excluding carboxylic acids is 4. The fourth-order valence-electron chi connectivity index (χ4n) is 6.01. The summed E-state index contributed by atoms with van der Waals surface area (Å²) in [4.78, 5) is 53.6. The third-order valence-electron chi connectivity index (χ3n) is 7.60. The molecule has 0 radical (unpaired) electrons. The van der Waals surface area contributed by atoms with Crippen LogP contribution in [-0.2, 0) is 30.3 Å². The monoisotopic (exact) mass is 538 g/mol. The summed E-state index contributed by atoms with van der Waals surface area (Å²) in [6.45, 7) is 1.40. The smallest absolute Gasteiger partial charge is 0.330 e. The van der Waals surface area contributed by atoms with Crippen molar-refractivity contribution in [3.8, 4) is 0 Å². The topological polar surface area (TPSA) is 92.8 Å². The highest BCUT2D eigenvalue weighted by molar-refractivity contribution is 9.10. The number of ether oxygens (including phenoxy) is 1. The first-order valence-corrected chi connectivity index (χ1v) is 12.8. The number of carbonyl (C=O) groups is 4. The lowest BCUT2D eigenvalue weighted by Crippen LogP contribution is -2.48. The molecule has 1 aliphatic heterocycles. The quantitative estimate of drug-likeness (QED) is 0.426. The Morgan fingerprint density at radius 2 is 1.71 bits per heavy atom. The first kappa shape index (κ1) is 23.7. The van der Waals surface area contributed by atoms with E-state index in [0.717, 1.165) is 39.8 Å². The molecule has 1 heterocycles. The fraction of sp³-hybridized carbons (Fsp3) is 0.407. The summed E-state index contributed by atoms with van der Waals surface area (Å²) in [7, 11) is 0. The largest absolute Gasteiger partial charge is 0.454 e. The van der Waals surface area contributed by atoms with E-state index in [9.17, 15) is 19.2 Å². The molecular formula is C27H27BrN2O5. The zero-order chi connectivity index (χ0) is 24.7. The Labute approximate surface area is 212 Å². The molecule has 3 amide bonds. The van der Waals surface area contributed by atoms with E-state index in [0.29, 0.717) is 5.69 Å². The van der Waals surface area contributed by atoms with Crippen LogP contribution in [0.4, 0.5) is 5.69 Å². The van der Waals surface area contributed by atoms with Gasteiger partial charge in [0.05, 0.1) is 11.8 Å². The van der Waals surface area contributed by atoms with Crippen LogP contribution in [0, 0.1) is 30.6 Å². The van der Waals surface area contributed by atoms with Crippen molar-refractivity contribution in [1.29, 1.82) is 0 Å². The van der Waals surface area contributed by atoms with E-state index in [2.05, 4.69) is 21.2 Å². The van der Waals surface area contributed by atoms with E-state index in [4.69, 9.17) is 4.74 Å². The third kappa shape index (κ3) is 4.51. The van der Waals surface area contributed by atoms with E-state index >= 15 is 0 Å². The maximum absolute atomic E-state index is 13.4. The molecule has 2 aromatic carbocycles. The molecule has 5 atom stereocenters. The summed E-state index contributed by atoms with van der Waals surface area (Å²) in [5.74, 6) is -1.97. The number of nitrogens with zero attached hydrogens (tertiary/aromatic N) is 1. The first-order chi connectivity index (χ1) is 16.8. The van der Waals surface area contributed by atoms with Crippen LogP contribution in [0.3, 0.4) is 0 Å². The lowest BCUT2D eigenvalue weighted by molar-refractivity contribution is -0.160. The molecule has 2 aromatic rings. The Hall–Kier alpha value is -3.00. The molecule has 3 aliphatic rings. The molecule has 5 rings (SSSR count). The number of rotatable bonds is 7. The second kappa shape index (κ2) is 9.57. The van der Waals surface area contributed by atoms with Crippen LogP contribution in [0.2, 0.25) is 0 Å². The Balaban J connectivity index is 1.31. The number of hydrogen-bond acceptors (Lipinski definition) is 5. The molecule has 3 fully saturated rings. The average Bonchev–Trinajstić information content (AvgIpc) is 3.53. The number of aryl methyl sites for hydroxylation is 1. The van der Waals surface area contributed by atoms with E-state index < -0.39 is 24.5 Å². The van der Waals surface area contributed by atoms with Gasteiger partial charge in [-0.1, -0.05) is 46.3 Å². The van der Waals surface area contributed by atoms with Crippen molar-refractivity contribution in [3.05, 3.63) is 64.1 Å². The van der Waals surface area contributed by atoms with Gasteiger partial charge in [-0.2, -0.15) is 0 Å². The number of esters is 1. The number of nitrogens with one attached hydrogen (secondary N) is 1. The van der Waals surface area contributed by atoms with Crippen LogP contribution in [0.15, 0.2) is 53.0 Å². The minimum absolute atomic E-state index is 0.152. The van der Waals surface area contributed by atoms with Crippen molar-refractivity contribution in [1.82, 2.24) is 4.90 Å². The van der Waals surface area contributed by atoms with Crippen molar-refractivity contribution in [3.63, 3.8) is 0 Å². The van der Waals surface area contributed by atoms with Crippen molar-refractivity contribution < 1.29 is 23.9 Å². The molecule has 2 aliphatic carbocycles. The molecule has 0 spiro atoms. The normalized spacial score (nSPS) is 25.5. The lowest BCUT2D eigenvalue weighted by atomic mass is 9.81. The summed E-state index contributed by atoms with van der Waals surface area (Å²) in [6, 6.07) is 13.5. The lowest BCUT2D eigenvalue weighted by Gasteiger charge is -2.26. The van der Waals surface area contributed by atoms with E-state index in [-0.39, 0.29) is 41.9 Å². The fourth-order valence-corrected chi connectivity index (χ4v) is 6.26. The second-order valence-electron chi connectivity index (χ2n) is 9.76. The Morgan fingerprint density at radius 3 is 2.34 bits per heavy atom. The van der Waals surface area contributed by atoms with Gasteiger partial charge in [-0.05, 0) is 67.3 Å². The van der Waals surface area contributed by atoms with E-state index in [1.165, 1.54) is 0 Å². The maximum Gasteiger partial charge on any atom is 0.330 e. The SMILES string of the molecule is Cc1cc(NC(=O)COC(=O)[C@@H](Cc2ccccc2)N2C(=O)[C@@H]3[C@H]4CC[C@@H](C4)[C@@H]3C2=O)ccc1Br. The summed E-state index contributed by atoms with van der Waals surface area (Å²) < 4.78 is 6.28. The Bertz CT molecular complexity index is 1160. The first-order valence-electron chi connectivity index (χ1n) is 12.0. The van der Waals surface area contributed by atoms with Gasteiger partial charge in [0.1, 0.15) is 6.04 Å². The number of likely N-dealkylation sites (tertiary alicyclic amines) is 1. The van der Waals surface area contributed by atoms with Gasteiger partial charge < -0.3 is 10.1 Å². The second-order valence-corrected chi connectivity index (χ2v) is 10.6. The predicted octanol–water partition coefficient (Wildman–Crippen LogP) is 3.88. The zero-order valence-corrected chi connectivity index (χ0v) is 21.0. The summed E-state index contributed by atoms with van der Waals surface area (Å²) in [6.07, 6.45) is 2.99. The molecule has 35 heavy (non-hydrogen) atoms. The number of amides is 3. The minimum atomic E-state index is -1.09. The van der Waals surface area contributed by atoms with Gasteiger partial charge >= 0.3 is 5.97 Å². The van der Waals surface area contributed by atoms with Crippen molar-refractivity contribution in [2.24, 2.45) is 23.7 Å². The molecular weight excluding hydrogens is 512 g/mol. The Morgan fingerprint density at radius 1 is 1.06 bits per heavy atom. The highest BCUT2D eigenvalue weighted by Gasteiger charge is 2.62. The molecule has 2 bridgehead atoms. The maximum atomic E-state index is 13.4. The van der Waals surface area contributed by atoms with Gasteiger partial charge in [0.25, 0.3) is 5.91 Å². The predicted molar refractivity (Wildman–Crippen MR) is 132 cm³/mol. The number of benzene rings is 2. The number of fused-ring (bicyclic) bond motifs is 5. The van der Waals surface area contributed by atoms with Crippen LogP contribution < -0.4 is 5.32 Å². The highest BCUT2D eigenvalue weighted by atomic mass is 79.9. The Kier molecular flexibility index (Phi) is 6.49. The third-order valence-corrected chi connectivity index (χ3v) is 8.49. The van der Waals surface area contributed by atoms with Crippen molar-refractivity contribution in [2.45, 2.75) is 38.6 Å². The molecule has 1 saturated heterocycles. The molecule has 0 unspecified atom stereocenters. The van der Waals surface area contributed by atoms with Gasteiger partial charge in [0.15, 0.2) is 6.61 Å². The molecule has 0 aromatic heterocycles. The summed E-state index contributed by atoms with van der Waals surface area (Å²) in [5, 5.41) is 2.71. The van der Waals surface area contributed by atoms with Gasteiger partial charge in [-0.25, -0.2) is 4.79 Å². The van der Waals surface area contributed by atoms with Crippen LogP contribution >= 0.6 is 15.9 Å². The van der Waals surface area contributed by atoms with Gasteiger partial charge in [-0.3, -0.25) is 19.3 Å². The summed E-state index contributed by atoms with van der Waals surface area (Å²) >= 11 is 3.42. The van der Waals surface area contributed by atoms with Gasteiger partial charge in [0, 0.05) is 16.6 Å². The van der Waals surface area contributed by atoms with Crippen LogP contribution in [0.1, 0.15) is 30.4 Å². The zero-order valence-electron chi connectivity index (χ0n) is 19.4. The molecule has 182 valence electrons. The molecule has 1 N–H and O–H groups in total. The standard InChI is InChI=1S/C27H27BrN2O5/c1-15-11-19(9-10-20(15)28)29-22(31)14-35-27(34)21(12-16-5-3-2-4-6-16)30-25(32)23-17-7-8-18(13-17)24(23)26(30)33/h2-6,9-11,17-18,21,23-24H,7-8,12-14H2,1H3,(H,29,31)/t17-,18-,21+,23-,24+/m0/s1. The van der Waals surface area contributed by atoms with Gasteiger partial charge in [0.2, 0.25) is 11.8 Å². The molecule has 2 saturated carbocycles. The van der Waals surface area contributed by atoms with Crippen molar-refractivity contribution in [2.75, 3.05) is 11.9 Å². The van der Waals surface area contributed by atoms with E-state index in [1.54, 1.807) is 12.1 Å². The number of hydrogen-bond donors (Lipinski definition) is 1. The van der Waals surface area contributed by atoms with E-state index in [1.807, 2.05) is 43.3 Å². The van der Waals surface area contributed by atoms with Crippen LogP contribution in [-0.4, -0.2) is 41.2 Å². The highest BCUT2D eigenvalue weighted by Crippen LogP contribution is 2.56. The summed E-state index contributed by atoms with van der Waals surface area (Å²) in [5.41, 5.74) is 2.35. The molecule has 8 heteroatoms. The number of anilines is 1. The minimum Gasteiger partial charge on any atom is -0.454 e. The average molecular weight is 539 g/mol. The van der Waals surface area contributed by atoms with Crippen LogP contribution in [0.25, 0.3) is 0 Å².